The van der Waals surface area contributed by atoms with Crippen molar-refractivity contribution < 1.29 is 19.1 Å². The number of carbonyl (C=O) groups is 3. The predicted molar refractivity (Wildman–Crippen MR) is 76.8 cm³/mol. The second kappa shape index (κ2) is 6.58. The average Bonchev–Trinajstić information content (AvgIpc) is 2.88. The summed E-state index contributed by atoms with van der Waals surface area (Å²) in [6, 6.07) is 5.91. The zero-order valence-corrected chi connectivity index (χ0v) is 12.1. The van der Waals surface area contributed by atoms with Crippen molar-refractivity contribution in [2.45, 2.75) is 31.9 Å². The Balaban J connectivity index is 1.86. The summed E-state index contributed by atoms with van der Waals surface area (Å²) >= 11 is 5.75. The molecule has 2 atom stereocenters. The van der Waals surface area contributed by atoms with Crippen LogP contribution in [0.25, 0.3) is 0 Å². The molecule has 1 saturated heterocycles. The molecule has 2 amide bonds. The number of amides is 2. The number of ether oxygens (including phenoxy) is 1. The van der Waals surface area contributed by atoms with Crippen LogP contribution in [-0.4, -0.2) is 29.9 Å². The molecule has 0 aliphatic carbocycles. The lowest BCUT2D eigenvalue weighted by Crippen LogP contribution is -2.39. The van der Waals surface area contributed by atoms with Crippen LogP contribution < -0.4 is 10.6 Å². The van der Waals surface area contributed by atoms with Gasteiger partial charge in [0.1, 0.15) is 6.04 Å². The summed E-state index contributed by atoms with van der Waals surface area (Å²) in [4.78, 5) is 34.7. The normalized spacial score (nSPS) is 18.8. The largest absolute Gasteiger partial charge is 0.451 e. The van der Waals surface area contributed by atoms with Gasteiger partial charge in [0, 0.05) is 17.1 Å². The number of nitrogens with one attached hydrogen (secondary N) is 2. The number of hydrogen-bond acceptors (Lipinski definition) is 4. The average molecular weight is 311 g/mol. The lowest BCUT2D eigenvalue weighted by atomic mass is 10.2. The molecule has 7 heteroatoms. The van der Waals surface area contributed by atoms with Crippen molar-refractivity contribution >= 4 is 35.1 Å². The first-order chi connectivity index (χ1) is 9.95. The van der Waals surface area contributed by atoms with Crippen LogP contribution in [0, 0.1) is 0 Å². The Labute approximate surface area is 126 Å². The van der Waals surface area contributed by atoms with Crippen LogP contribution in [0.15, 0.2) is 24.3 Å². The maximum atomic E-state index is 11.9. The quantitative estimate of drug-likeness (QED) is 0.825. The lowest BCUT2D eigenvalue weighted by molar-refractivity contribution is -0.155. The van der Waals surface area contributed by atoms with Crippen LogP contribution in [0.4, 0.5) is 5.69 Å². The fraction of sp³-hybridized carbons (Fsp3) is 0.357. The summed E-state index contributed by atoms with van der Waals surface area (Å²) in [6.07, 6.45) is -0.264. The first kappa shape index (κ1) is 15.3. The van der Waals surface area contributed by atoms with Gasteiger partial charge in [0.05, 0.1) is 0 Å². The fourth-order valence-corrected chi connectivity index (χ4v) is 2.00. The van der Waals surface area contributed by atoms with Gasteiger partial charge < -0.3 is 15.4 Å². The van der Waals surface area contributed by atoms with Crippen LogP contribution >= 0.6 is 11.6 Å². The molecule has 1 aromatic carbocycles. The molecule has 0 unspecified atom stereocenters. The van der Waals surface area contributed by atoms with E-state index in [9.17, 15) is 14.4 Å². The van der Waals surface area contributed by atoms with Crippen molar-refractivity contribution in [3.05, 3.63) is 29.3 Å². The molecule has 2 rings (SSSR count). The van der Waals surface area contributed by atoms with Crippen LogP contribution in [0.2, 0.25) is 5.02 Å². The molecule has 1 heterocycles. The number of benzene rings is 1. The van der Waals surface area contributed by atoms with E-state index in [0.717, 1.165) is 0 Å². The standard InChI is InChI=1S/C14H15ClN2O4/c1-8(21-14(20)11-6-7-12(18)17-11)13(19)16-10-4-2-9(15)3-5-10/h2-5,8,11H,6-7H2,1H3,(H,16,19)(H,17,18)/t8-,11+/m0/s1. The first-order valence-electron chi connectivity index (χ1n) is 6.52. The SMILES string of the molecule is C[C@H](OC(=O)[C@H]1CCC(=O)N1)C(=O)Nc1ccc(Cl)cc1. The monoisotopic (exact) mass is 310 g/mol. The highest BCUT2D eigenvalue weighted by Crippen LogP contribution is 2.14. The third-order valence-electron chi connectivity index (χ3n) is 3.05. The molecule has 1 fully saturated rings. The Bertz CT molecular complexity index is 559. The molecule has 1 aliphatic rings. The third-order valence-corrected chi connectivity index (χ3v) is 3.31. The van der Waals surface area contributed by atoms with Gasteiger partial charge in [0.2, 0.25) is 5.91 Å². The van der Waals surface area contributed by atoms with Gasteiger partial charge in [-0.2, -0.15) is 0 Å². The minimum atomic E-state index is -0.953. The number of halogens is 1. The molecule has 0 saturated carbocycles. The van der Waals surface area contributed by atoms with Crippen molar-refractivity contribution in [3.8, 4) is 0 Å². The summed E-state index contributed by atoms with van der Waals surface area (Å²) in [5.41, 5.74) is 0.557. The highest BCUT2D eigenvalue weighted by Gasteiger charge is 2.30. The number of hydrogen-bond donors (Lipinski definition) is 2. The van der Waals surface area contributed by atoms with E-state index in [-0.39, 0.29) is 5.91 Å². The Kier molecular flexibility index (Phi) is 4.80. The van der Waals surface area contributed by atoms with E-state index in [2.05, 4.69) is 10.6 Å². The zero-order valence-electron chi connectivity index (χ0n) is 11.4. The Morgan fingerprint density at radius 3 is 2.62 bits per heavy atom. The molecular weight excluding hydrogens is 296 g/mol. The molecule has 6 nitrogen and oxygen atoms in total. The molecule has 0 bridgehead atoms. The van der Waals surface area contributed by atoms with Crippen molar-refractivity contribution in [2.75, 3.05) is 5.32 Å². The summed E-state index contributed by atoms with van der Waals surface area (Å²) in [5, 5.41) is 5.67. The van der Waals surface area contributed by atoms with E-state index < -0.39 is 24.0 Å². The maximum Gasteiger partial charge on any atom is 0.329 e. The van der Waals surface area contributed by atoms with Crippen molar-refractivity contribution in [1.29, 1.82) is 0 Å². The topological polar surface area (TPSA) is 84.5 Å². The van der Waals surface area contributed by atoms with Crippen LogP contribution in [-0.2, 0) is 19.1 Å². The number of anilines is 1. The van der Waals surface area contributed by atoms with Crippen LogP contribution in [0.3, 0.4) is 0 Å². The number of carbonyl (C=O) groups excluding carboxylic acids is 3. The molecule has 1 aromatic rings. The zero-order chi connectivity index (χ0) is 15.4. The van der Waals surface area contributed by atoms with Gasteiger partial charge in [-0.1, -0.05) is 11.6 Å². The van der Waals surface area contributed by atoms with E-state index in [1.54, 1.807) is 24.3 Å². The number of rotatable bonds is 4. The van der Waals surface area contributed by atoms with Crippen LogP contribution in [0.5, 0.6) is 0 Å². The van der Waals surface area contributed by atoms with Gasteiger partial charge in [-0.05, 0) is 37.6 Å². The van der Waals surface area contributed by atoms with Crippen molar-refractivity contribution in [3.63, 3.8) is 0 Å². The van der Waals surface area contributed by atoms with E-state index in [1.165, 1.54) is 6.92 Å². The number of esters is 1. The second-order valence-corrected chi connectivity index (χ2v) is 5.17. The first-order valence-corrected chi connectivity index (χ1v) is 6.90. The third kappa shape index (κ3) is 4.19. The van der Waals surface area contributed by atoms with Gasteiger partial charge in [0.15, 0.2) is 6.10 Å². The molecule has 112 valence electrons. The van der Waals surface area contributed by atoms with Gasteiger partial charge >= 0.3 is 5.97 Å². The summed E-state index contributed by atoms with van der Waals surface area (Å²) in [7, 11) is 0. The maximum absolute atomic E-state index is 11.9. The Hall–Kier alpha value is -2.08. The van der Waals surface area contributed by atoms with Gasteiger partial charge in [0.25, 0.3) is 5.91 Å². The minimum Gasteiger partial charge on any atom is -0.451 e. The van der Waals surface area contributed by atoms with Gasteiger partial charge in [-0.15, -0.1) is 0 Å². The summed E-state index contributed by atoms with van der Waals surface area (Å²) in [5.74, 6) is -1.23. The molecule has 1 aliphatic heterocycles. The van der Waals surface area contributed by atoms with Crippen LogP contribution in [0.1, 0.15) is 19.8 Å². The summed E-state index contributed by atoms with van der Waals surface area (Å²) in [6.45, 7) is 1.47. The molecule has 0 aromatic heterocycles. The van der Waals surface area contributed by atoms with E-state index in [0.29, 0.717) is 23.6 Å². The Morgan fingerprint density at radius 1 is 1.38 bits per heavy atom. The lowest BCUT2D eigenvalue weighted by Gasteiger charge is -2.16. The van der Waals surface area contributed by atoms with E-state index in [1.807, 2.05) is 0 Å². The van der Waals surface area contributed by atoms with Crippen molar-refractivity contribution in [1.82, 2.24) is 5.32 Å². The second-order valence-electron chi connectivity index (χ2n) is 4.73. The van der Waals surface area contributed by atoms with Gasteiger partial charge in [-0.3, -0.25) is 9.59 Å². The van der Waals surface area contributed by atoms with E-state index >= 15 is 0 Å². The molecule has 0 spiro atoms. The van der Waals surface area contributed by atoms with Crippen molar-refractivity contribution in [2.24, 2.45) is 0 Å². The fourth-order valence-electron chi connectivity index (χ4n) is 1.88. The predicted octanol–water partition coefficient (Wildman–Crippen LogP) is 1.49. The highest BCUT2D eigenvalue weighted by atomic mass is 35.5. The van der Waals surface area contributed by atoms with E-state index in [4.69, 9.17) is 16.3 Å². The molecule has 2 N–H and O–H groups in total. The Morgan fingerprint density at radius 2 is 2.05 bits per heavy atom. The molecular formula is C14H15ClN2O4. The summed E-state index contributed by atoms with van der Waals surface area (Å²) < 4.78 is 5.05. The smallest absolute Gasteiger partial charge is 0.329 e. The highest BCUT2D eigenvalue weighted by molar-refractivity contribution is 6.30. The molecule has 0 radical (unpaired) electrons. The molecule has 21 heavy (non-hydrogen) atoms. The van der Waals surface area contributed by atoms with Gasteiger partial charge in [-0.25, -0.2) is 4.79 Å². The minimum absolute atomic E-state index is 0.185.